The van der Waals surface area contributed by atoms with Crippen molar-refractivity contribution in [2.75, 3.05) is 26.2 Å². The van der Waals surface area contributed by atoms with E-state index in [1.165, 1.54) is 55.2 Å². The van der Waals surface area contributed by atoms with Gasteiger partial charge in [-0.2, -0.15) is 0 Å². The topological polar surface area (TPSA) is 31.1 Å². The lowest BCUT2D eigenvalue weighted by atomic mass is 9.89. The number of fused-ring (bicyclic) bond motifs is 1. The maximum absolute atomic E-state index is 3.49. The van der Waals surface area contributed by atoms with Crippen LogP contribution in [0.3, 0.4) is 0 Å². The van der Waals surface area contributed by atoms with Gasteiger partial charge in [-0.3, -0.25) is 4.90 Å². The van der Waals surface area contributed by atoms with Crippen molar-refractivity contribution in [1.82, 2.24) is 15.2 Å². The highest BCUT2D eigenvalue weighted by Crippen LogP contribution is 2.40. The highest BCUT2D eigenvalue weighted by molar-refractivity contribution is 5.80. The number of aromatic amines is 1. The fourth-order valence-electron chi connectivity index (χ4n) is 4.26. The number of benzene rings is 1. The monoisotopic (exact) mass is 283 g/mol. The Bertz CT molecular complexity index is 591. The smallest absolute Gasteiger partial charge is 0.0457 e. The molecule has 1 atom stereocenters. The molecule has 1 saturated carbocycles. The van der Waals surface area contributed by atoms with Crippen LogP contribution in [0, 0.1) is 5.92 Å². The van der Waals surface area contributed by atoms with Gasteiger partial charge in [-0.15, -0.1) is 0 Å². The number of rotatable bonds is 3. The van der Waals surface area contributed by atoms with Crippen LogP contribution in [0.4, 0.5) is 0 Å². The van der Waals surface area contributed by atoms with E-state index in [2.05, 4.69) is 39.5 Å². The maximum Gasteiger partial charge on any atom is 0.0457 e. The van der Waals surface area contributed by atoms with Gasteiger partial charge < -0.3 is 10.3 Å². The summed E-state index contributed by atoms with van der Waals surface area (Å²) < 4.78 is 0. The van der Waals surface area contributed by atoms with Crippen molar-refractivity contribution < 1.29 is 0 Å². The Morgan fingerprint density at radius 2 is 1.86 bits per heavy atom. The predicted molar refractivity (Wildman–Crippen MR) is 87.4 cm³/mol. The van der Waals surface area contributed by atoms with Gasteiger partial charge in [0, 0.05) is 43.9 Å². The quantitative estimate of drug-likeness (QED) is 0.905. The summed E-state index contributed by atoms with van der Waals surface area (Å²) >= 11 is 0. The molecule has 21 heavy (non-hydrogen) atoms. The molecule has 0 amide bonds. The van der Waals surface area contributed by atoms with Gasteiger partial charge in [0.15, 0.2) is 0 Å². The summed E-state index contributed by atoms with van der Waals surface area (Å²) in [7, 11) is 0. The van der Waals surface area contributed by atoms with Crippen molar-refractivity contribution in [1.29, 1.82) is 0 Å². The van der Waals surface area contributed by atoms with E-state index in [1.54, 1.807) is 0 Å². The molecule has 2 aromatic rings. The number of aromatic nitrogens is 1. The molecule has 3 nitrogen and oxygen atoms in total. The third kappa shape index (κ3) is 2.60. The molecule has 1 saturated heterocycles. The van der Waals surface area contributed by atoms with Crippen LogP contribution >= 0.6 is 0 Å². The second kappa shape index (κ2) is 5.82. The highest BCUT2D eigenvalue weighted by atomic mass is 15.2. The van der Waals surface area contributed by atoms with E-state index in [9.17, 15) is 0 Å². The first kappa shape index (κ1) is 13.4. The minimum Gasteiger partial charge on any atom is -0.361 e. The maximum atomic E-state index is 3.49. The SMILES string of the molecule is c1cc2ccc([C@@H](C3CCCC3)N3CCNCC3)cc2[nH]1. The molecule has 0 radical (unpaired) electrons. The summed E-state index contributed by atoms with van der Waals surface area (Å²) in [6.45, 7) is 4.63. The lowest BCUT2D eigenvalue weighted by Gasteiger charge is -2.38. The zero-order valence-electron chi connectivity index (χ0n) is 12.6. The molecule has 4 rings (SSSR count). The first-order valence-corrected chi connectivity index (χ1v) is 8.43. The van der Waals surface area contributed by atoms with Crippen LogP contribution in [-0.4, -0.2) is 36.1 Å². The number of H-pyrrole nitrogens is 1. The first-order valence-electron chi connectivity index (χ1n) is 8.43. The van der Waals surface area contributed by atoms with Crippen molar-refractivity contribution in [3.05, 3.63) is 36.0 Å². The van der Waals surface area contributed by atoms with Crippen LogP contribution in [-0.2, 0) is 0 Å². The average Bonchev–Trinajstić information content (AvgIpc) is 3.19. The number of hydrogen-bond donors (Lipinski definition) is 2. The number of nitrogens with zero attached hydrogens (tertiary/aromatic N) is 1. The number of piperazine rings is 1. The minimum atomic E-state index is 0.613. The standard InChI is InChI=1S/C18H25N3/c1-2-4-15(3-1)18(21-11-9-19-10-12-21)16-6-5-14-7-8-20-17(14)13-16/h5-8,13,15,18-20H,1-4,9-12H2/t18-/m1/s1. The van der Waals surface area contributed by atoms with Gasteiger partial charge in [0.25, 0.3) is 0 Å². The number of hydrogen-bond acceptors (Lipinski definition) is 2. The van der Waals surface area contributed by atoms with Crippen LogP contribution < -0.4 is 5.32 Å². The summed E-state index contributed by atoms with van der Waals surface area (Å²) in [6.07, 6.45) is 7.68. The van der Waals surface area contributed by atoms with Crippen LogP contribution in [0.1, 0.15) is 37.3 Å². The van der Waals surface area contributed by atoms with Gasteiger partial charge in [0.05, 0.1) is 0 Å². The Morgan fingerprint density at radius 3 is 2.67 bits per heavy atom. The van der Waals surface area contributed by atoms with Crippen molar-refractivity contribution in [2.24, 2.45) is 5.92 Å². The van der Waals surface area contributed by atoms with E-state index < -0.39 is 0 Å². The zero-order chi connectivity index (χ0) is 14.1. The van der Waals surface area contributed by atoms with Crippen molar-refractivity contribution in [3.8, 4) is 0 Å². The Kier molecular flexibility index (Phi) is 3.70. The molecule has 0 bridgehead atoms. The van der Waals surface area contributed by atoms with Crippen LogP contribution in [0.5, 0.6) is 0 Å². The molecule has 0 unspecified atom stereocenters. The fourth-order valence-corrected chi connectivity index (χ4v) is 4.26. The normalized spacial score (nSPS) is 22.9. The highest BCUT2D eigenvalue weighted by Gasteiger charge is 2.31. The lowest BCUT2D eigenvalue weighted by Crippen LogP contribution is -2.46. The van der Waals surface area contributed by atoms with E-state index >= 15 is 0 Å². The summed E-state index contributed by atoms with van der Waals surface area (Å²) in [5, 5.41) is 4.81. The molecule has 1 aliphatic heterocycles. The predicted octanol–water partition coefficient (Wildman–Crippen LogP) is 3.30. The largest absolute Gasteiger partial charge is 0.361 e. The Morgan fingerprint density at radius 1 is 1.05 bits per heavy atom. The first-order chi connectivity index (χ1) is 10.4. The number of nitrogens with one attached hydrogen (secondary N) is 2. The second-order valence-corrected chi connectivity index (χ2v) is 6.60. The van der Waals surface area contributed by atoms with E-state index in [-0.39, 0.29) is 0 Å². The molecule has 0 spiro atoms. The fraction of sp³-hybridized carbons (Fsp3) is 0.556. The molecule has 1 aliphatic carbocycles. The van der Waals surface area contributed by atoms with Crippen molar-refractivity contribution in [3.63, 3.8) is 0 Å². The van der Waals surface area contributed by atoms with Gasteiger partial charge in [0.1, 0.15) is 0 Å². The molecule has 112 valence electrons. The molecule has 1 aromatic heterocycles. The van der Waals surface area contributed by atoms with Gasteiger partial charge in [0.2, 0.25) is 0 Å². The lowest BCUT2D eigenvalue weighted by molar-refractivity contribution is 0.125. The van der Waals surface area contributed by atoms with E-state index in [1.807, 2.05) is 6.20 Å². The van der Waals surface area contributed by atoms with Gasteiger partial charge in [-0.05, 0) is 41.8 Å². The van der Waals surface area contributed by atoms with Crippen LogP contribution in [0.2, 0.25) is 0 Å². The van der Waals surface area contributed by atoms with Gasteiger partial charge >= 0.3 is 0 Å². The van der Waals surface area contributed by atoms with Crippen molar-refractivity contribution in [2.45, 2.75) is 31.7 Å². The minimum absolute atomic E-state index is 0.613. The molecule has 1 aromatic carbocycles. The van der Waals surface area contributed by atoms with Gasteiger partial charge in [-0.25, -0.2) is 0 Å². The molecule has 2 fully saturated rings. The molecular weight excluding hydrogens is 258 g/mol. The Hall–Kier alpha value is -1.32. The Labute approximate surface area is 126 Å². The average molecular weight is 283 g/mol. The van der Waals surface area contributed by atoms with Crippen LogP contribution in [0.15, 0.2) is 30.5 Å². The summed E-state index contributed by atoms with van der Waals surface area (Å²) in [4.78, 5) is 6.10. The summed E-state index contributed by atoms with van der Waals surface area (Å²) in [6, 6.07) is 9.81. The molecule has 3 heteroatoms. The molecular formula is C18H25N3. The Balaban J connectivity index is 1.69. The van der Waals surface area contributed by atoms with E-state index in [4.69, 9.17) is 0 Å². The summed E-state index contributed by atoms with van der Waals surface area (Å²) in [5.41, 5.74) is 2.80. The third-order valence-corrected chi connectivity index (χ3v) is 5.31. The van der Waals surface area contributed by atoms with E-state index in [0.29, 0.717) is 6.04 Å². The molecule has 2 heterocycles. The van der Waals surface area contributed by atoms with E-state index in [0.717, 1.165) is 19.0 Å². The molecule has 2 N–H and O–H groups in total. The van der Waals surface area contributed by atoms with Gasteiger partial charge in [-0.1, -0.05) is 25.0 Å². The third-order valence-electron chi connectivity index (χ3n) is 5.31. The second-order valence-electron chi connectivity index (χ2n) is 6.60. The van der Waals surface area contributed by atoms with Crippen LogP contribution in [0.25, 0.3) is 10.9 Å². The zero-order valence-corrected chi connectivity index (χ0v) is 12.6. The summed E-state index contributed by atoms with van der Waals surface area (Å²) in [5.74, 6) is 0.843. The van der Waals surface area contributed by atoms with Crippen molar-refractivity contribution >= 4 is 10.9 Å². The molecule has 2 aliphatic rings.